The number of hydrogen-bond donors (Lipinski definition) is 2. The summed E-state index contributed by atoms with van der Waals surface area (Å²) in [5.41, 5.74) is 0.584. The third-order valence-electron chi connectivity index (χ3n) is 3.41. The summed E-state index contributed by atoms with van der Waals surface area (Å²) in [6, 6.07) is 5.86. The molecule has 7 nitrogen and oxygen atoms in total. The van der Waals surface area contributed by atoms with Crippen LogP contribution in [-0.4, -0.2) is 70.3 Å². The lowest BCUT2D eigenvalue weighted by Crippen LogP contribution is -2.49. The first kappa shape index (κ1) is 14.4. The van der Waals surface area contributed by atoms with E-state index < -0.39 is 0 Å². The molecule has 1 fully saturated rings. The minimum Gasteiger partial charge on any atom is -0.395 e. The molecule has 0 spiro atoms. The van der Waals surface area contributed by atoms with E-state index in [4.69, 9.17) is 10.3 Å². The Morgan fingerprint density at radius 1 is 1.15 bits per heavy atom. The molecule has 0 aliphatic carbocycles. The molecule has 108 valence electrons. The number of β-amino-alcohol motifs (C(OH)–C–C–N with tert-alkyl or cyclic N) is 1. The monoisotopic (exact) mass is 280 g/mol. The molecule has 1 aromatic carbocycles. The molecule has 1 saturated heterocycles. The van der Waals surface area contributed by atoms with E-state index in [1.165, 1.54) is 24.3 Å². The highest BCUT2D eigenvalue weighted by Gasteiger charge is 2.22. The molecule has 0 unspecified atom stereocenters. The zero-order chi connectivity index (χ0) is 14.5. The maximum atomic E-state index is 12.2. The third-order valence-corrected chi connectivity index (χ3v) is 3.41. The van der Waals surface area contributed by atoms with Crippen molar-refractivity contribution in [2.75, 3.05) is 39.3 Å². The fraction of sp³-hybridized carbons (Fsp3) is 0.462. The molecule has 0 radical (unpaired) electrons. The van der Waals surface area contributed by atoms with Crippen molar-refractivity contribution in [3.63, 3.8) is 0 Å². The molecular formula is C13H18N3O4+. The van der Waals surface area contributed by atoms with E-state index >= 15 is 0 Å². The van der Waals surface area contributed by atoms with Crippen molar-refractivity contribution in [1.82, 2.24) is 9.80 Å². The zero-order valence-corrected chi connectivity index (χ0v) is 11.1. The number of carbonyl (C=O) groups is 1. The summed E-state index contributed by atoms with van der Waals surface area (Å²) in [5.74, 6) is -0.0874. The quantitative estimate of drug-likeness (QED) is 0.772. The van der Waals surface area contributed by atoms with Gasteiger partial charge in [0.25, 0.3) is 10.8 Å². The summed E-state index contributed by atoms with van der Waals surface area (Å²) in [4.78, 5) is 26.5. The standard InChI is InChI=1S/C13H18N3O4/c17-10-9-14-5-7-15(8-6-14)13(18)11-1-3-12(4-2-11)16(19)20/h1-4,17H,5-10H2,(H,19,20)/q+1. The van der Waals surface area contributed by atoms with E-state index in [0.29, 0.717) is 25.2 Å². The number of amides is 1. The fourth-order valence-electron chi connectivity index (χ4n) is 2.23. The molecular weight excluding hydrogens is 262 g/mol. The normalized spacial score (nSPS) is 16.1. The fourth-order valence-corrected chi connectivity index (χ4v) is 2.23. The van der Waals surface area contributed by atoms with Crippen molar-refractivity contribution in [2.24, 2.45) is 0 Å². The Bertz CT molecular complexity index is 481. The van der Waals surface area contributed by atoms with Crippen LogP contribution in [0.15, 0.2) is 24.3 Å². The van der Waals surface area contributed by atoms with Gasteiger partial charge >= 0.3 is 5.69 Å². The smallest absolute Gasteiger partial charge is 0.316 e. The van der Waals surface area contributed by atoms with Crippen LogP contribution in [0.4, 0.5) is 5.69 Å². The van der Waals surface area contributed by atoms with Gasteiger partial charge < -0.3 is 10.0 Å². The van der Waals surface area contributed by atoms with Crippen molar-refractivity contribution in [3.8, 4) is 0 Å². The van der Waals surface area contributed by atoms with Gasteiger partial charge in [-0.1, -0.05) is 0 Å². The third kappa shape index (κ3) is 3.31. The average Bonchev–Trinajstić information content (AvgIpc) is 2.48. The summed E-state index contributed by atoms with van der Waals surface area (Å²) >= 11 is 0. The van der Waals surface area contributed by atoms with Gasteiger partial charge in [-0.2, -0.15) is 0 Å². The van der Waals surface area contributed by atoms with Crippen LogP contribution in [-0.2, 0) is 0 Å². The van der Waals surface area contributed by atoms with Crippen LogP contribution >= 0.6 is 0 Å². The summed E-state index contributed by atoms with van der Waals surface area (Å²) in [7, 11) is 0. The Hall–Kier alpha value is -1.99. The van der Waals surface area contributed by atoms with Gasteiger partial charge in [0.2, 0.25) is 0 Å². The minimum absolute atomic E-state index is 0.0874. The molecule has 1 aliphatic heterocycles. The number of nitrogens with zero attached hydrogens (tertiary/aromatic N) is 3. The number of rotatable bonds is 4. The lowest BCUT2D eigenvalue weighted by molar-refractivity contribution is -0.729. The number of aliphatic hydroxyl groups is 1. The maximum Gasteiger partial charge on any atom is 0.316 e. The number of benzene rings is 1. The highest BCUT2D eigenvalue weighted by molar-refractivity contribution is 5.94. The van der Waals surface area contributed by atoms with Gasteiger partial charge in [-0.05, 0) is 12.1 Å². The van der Waals surface area contributed by atoms with Gasteiger partial charge in [0.05, 0.1) is 11.5 Å². The predicted molar refractivity (Wildman–Crippen MR) is 70.9 cm³/mol. The lowest BCUT2D eigenvalue weighted by Gasteiger charge is -2.34. The molecule has 1 aliphatic rings. The number of hydrogen-bond acceptors (Lipinski definition) is 4. The van der Waals surface area contributed by atoms with Crippen molar-refractivity contribution in [1.29, 1.82) is 0 Å². The van der Waals surface area contributed by atoms with Crippen LogP contribution in [0.3, 0.4) is 0 Å². The molecule has 1 heterocycles. The minimum atomic E-state index is -0.234. The molecule has 0 atom stereocenters. The molecule has 0 aromatic heterocycles. The van der Waals surface area contributed by atoms with Crippen molar-refractivity contribution >= 4 is 11.6 Å². The number of carbonyl (C=O) groups excluding carboxylic acids is 1. The number of aliphatic hydroxyl groups excluding tert-OH is 1. The topological polar surface area (TPSA) is 84.1 Å². The van der Waals surface area contributed by atoms with E-state index in [1.54, 1.807) is 4.90 Å². The summed E-state index contributed by atoms with van der Waals surface area (Å²) < 4.78 is 0. The van der Waals surface area contributed by atoms with Crippen LogP contribution < -0.4 is 0 Å². The van der Waals surface area contributed by atoms with Gasteiger partial charge in [0, 0.05) is 50.4 Å². The summed E-state index contributed by atoms with van der Waals surface area (Å²) in [6.07, 6.45) is 0. The Morgan fingerprint density at radius 2 is 1.75 bits per heavy atom. The van der Waals surface area contributed by atoms with Crippen LogP contribution in [0.1, 0.15) is 10.4 Å². The highest BCUT2D eigenvalue weighted by Crippen LogP contribution is 2.14. The number of piperazine rings is 1. The van der Waals surface area contributed by atoms with E-state index in [2.05, 4.69) is 4.90 Å². The molecule has 2 rings (SSSR count). The Balaban J connectivity index is 1.96. The Kier molecular flexibility index (Phi) is 4.65. The molecule has 1 amide bonds. The van der Waals surface area contributed by atoms with Gasteiger partial charge in [-0.25, -0.2) is 5.21 Å². The first-order valence-corrected chi connectivity index (χ1v) is 6.50. The first-order valence-electron chi connectivity index (χ1n) is 6.50. The SMILES string of the molecule is O=C(c1ccc([N+](=O)O)cc1)N1CCN(CCO)CC1. The van der Waals surface area contributed by atoms with Crippen LogP contribution in [0, 0.1) is 4.91 Å². The highest BCUT2D eigenvalue weighted by atomic mass is 16.6. The molecule has 2 N–H and O–H groups in total. The first-order chi connectivity index (χ1) is 9.61. The van der Waals surface area contributed by atoms with Crippen LogP contribution in [0.25, 0.3) is 0 Å². The predicted octanol–water partition coefficient (Wildman–Crippen LogP) is 0.236. The van der Waals surface area contributed by atoms with Crippen LogP contribution in [0.2, 0.25) is 0 Å². The molecule has 0 bridgehead atoms. The van der Waals surface area contributed by atoms with Crippen molar-refractivity contribution in [3.05, 3.63) is 34.7 Å². The van der Waals surface area contributed by atoms with E-state index in [9.17, 15) is 9.70 Å². The summed E-state index contributed by atoms with van der Waals surface area (Å²) in [6.45, 7) is 3.49. The molecule has 7 heteroatoms. The van der Waals surface area contributed by atoms with Gasteiger partial charge in [-0.15, -0.1) is 0 Å². The zero-order valence-electron chi connectivity index (χ0n) is 11.1. The second-order valence-electron chi connectivity index (χ2n) is 4.68. The van der Waals surface area contributed by atoms with Crippen molar-refractivity contribution < 1.29 is 20.0 Å². The Morgan fingerprint density at radius 3 is 2.25 bits per heavy atom. The largest absolute Gasteiger partial charge is 0.395 e. The molecule has 0 saturated carbocycles. The van der Waals surface area contributed by atoms with Gasteiger partial charge in [0.1, 0.15) is 0 Å². The van der Waals surface area contributed by atoms with Crippen LogP contribution in [0.5, 0.6) is 0 Å². The second kappa shape index (κ2) is 6.44. The van der Waals surface area contributed by atoms with Crippen molar-refractivity contribution in [2.45, 2.75) is 0 Å². The van der Waals surface area contributed by atoms with Gasteiger partial charge in [0.15, 0.2) is 0 Å². The second-order valence-corrected chi connectivity index (χ2v) is 4.68. The van der Waals surface area contributed by atoms with E-state index in [0.717, 1.165) is 13.1 Å². The van der Waals surface area contributed by atoms with E-state index in [1.807, 2.05) is 0 Å². The molecule has 1 aromatic rings. The average molecular weight is 280 g/mol. The Labute approximate surface area is 116 Å². The lowest BCUT2D eigenvalue weighted by atomic mass is 10.1. The van der Waals surface area contributed by atoms with E-state index in [-0.39, 0.29) is 23.1 Å². The summed E-state index contributed by atoms with van der Waals surface area (Å²) in [5, 5.41) is 17.6. The maximum absolute atomic E-state index is 12.2. The molecule has 20 heavy (non-hydrogen) atoms. The van der Waals surface area contributed by atoms with Gasteiger partial charge in [-0.3, -0.25) is 9.69 Å².